The fraction of sp³-hybridized carbons (Fsp3) is 0.167. The Morgan fingerprint density at radius 2 is 1.86 bits per heavy atom. The Bertz CT molecular complexity index is 648. The number of carbonyl (C=O) groups excluding carboxylic acids is 1. The van der Waals surface area contributed by atoms with E-state index in [0.29, 0.717) is 0 Å². The molecule has 0 radical (unpaired) electrons. The number of anilines is 1. The Labute approximate surface area is 130 Å². The van der Waals surface area contributed by atoms with Crippen molar-refractivity contribution in [2.75, 3.05) is 12.4 Å². The van der Waals surface area contributed by atoms with Gasteiger partial charge in [-0.1, -0.05) is 37.3 Å². The summed E-state index contributed by atoms with van der Waals surface area (Å²) in [6.45, 7) is 2.06. The summed E-state index contributed by atoms with van der Waals surface area (Å²) in [6, 6.07) is 15.1. The maximum Gasteiger partial charge on any atom is 0.323 e. The third-order valence-electron chi connectivity index (χ3n) is 3.25. The van der Waals surface area contributed by atoms with Crippen LogP contribution in [0.25, 0.3) is 6.08 Å². The molecule has 4 heteroatoms. The Morgan fingerprint density at radius 1 is 1.14 bits per heavy atom. The minimum absolute atomic E-state index is 0.259. The molecule has 2 rings (SSSR count). The molecule has 0 fully saturated rings. The van der Waals surface area contributed by atoms with Gasteiger partial charge in [-0.05, 0) is 41.8 Å². The number of benzene rings is 2. The number of aryl methyl sites for hydroxylation is 1. The van der Waals surface area contributed by atoms with E-state index in [9.17, 15) is 4.79 Å². The van der Waals surface area contributed by atoms with Gasteiger partial charge in [-0.15, -0.1) is 0 Å². The number of para-hydroxylation sites is 1. The molecule has 114 valence electrons. The van der Waals surface area contributed by atoms with Crippen molar-refractivity contribution in [3.05, 3.63) is 65.9 Å². The van der Waals surface area contributed by atoms with Gasteiger partial charge in [-0.3, -0.25) is 0 Å². The van der Waals surface area contributed by atoms with Gasteiger partial charge in [-0.25, -0.2) is 4.79 Å². The average Bonchev–Trinajstić information content (AvgIpc) is 2.56. The molecule has 22 heavy (non-hydrogen) atoms. The number of urea groups is 1. The molecular formula is C18H20N2O2. The second-order valence-electron chi connectivity index (χ2n) is 4.72. The maximum absolute atomic E-state index is 11.9. The smallest absolute Gasteiger partial charge is 0.323 e. The van der Waals surface area contributed by atoms with Crippen LogP contribution in [0.5, 0.6) is 5.75 Å². The molecule has 2 N–H and O–H groups in total. The summed E-state index contributed by atoms with van der Waals surface area (Å²) in [4.78, 5) is 11.9. The van der Waals surface area contributed by atoms with Crippen LogP contribution < -0.4 is 15.4 Å². The zero-order chi connectivity index (χ0) is 15.8. The van der Waals surface area contributed by atoms with Crippen LogP contribution >= 0.6 is 0 Å². The van der Waals surface area contributed by atoms with Crippen molar-refractivity contribution in [1.29, 1.82) is 0 Å². The van der Waals surface area contributed by atoms with E-state index in [1.54, 1.807) is 13.3 Å². The van der Waals surface area contributed by atoms with Crippen molar-refractivity contribution in [1.82, 2.24) is 5.32 Å². The fourth-order valence-electron chi connectivity index (χ4n) is 2.04. The second-order valence-corrected chi connectivity index (χ2v) is 4.72. The Kier molecular flexibility index (Phi) is 5.60. The highest BCUT2D eigenvalue weighted by Crippen LogP contribution is 2.15. The van der Waals surface area contributed by atoms with Crippen LogP contribution in [0.3, 0.4) is 0 Å². The molecule has 0 unspecified atom stereocenters. The first kappa shape index (κ1) is 15.6. The second kappa shape index (κ2) is 7.88. The van der Waals surface area contributed by atoms with Gasteiger partial charge in [0.05, 0.1) is 7.11 Å². The van der Waals surface area contributed by atoms with Gasteiger partial charge in [-0.2, -0.15) is 0 Å². The highest BCUT2D eigenvalue weighted by molar-refractivity contribution is 5.91. The first-order valence-electron chi connectivity index (χ1n) is 7.19. The highest BCUT2D eigenvalue weighted by Gasteiger charge is 2.03. The molecule has 0 aliphatic carbocycles. The molecule has 2 aromatic carbocycles. The summed E-state index contributed by atoms with van der Waals surface area (Å²) in [7, 11) is 1.63. The molecular weight excluding hydrogens is 276 g/mol. The van der Waals surface area contributed by atoms with Crippen molar-refractivity contribution >= 4 is 17.8 Å². The van der Waals surface area contributed by atoms with Crippen LogP contribution in [0.1, 0.15) is 18.1 Å². The lowest BCUT2D eigenvalue weighted by atomic mass is 10.1. The van der Waals surface area contributed by atoms with E-state index in [1.807, 2.05) is 54.6 Å². The minimum atomic E-state index is -0.259. The van der Waals surface area contributed by atoms with Crippen LogP contribution in [-0.4, -0.2) is 13.1 Å². The molecule has 0 saturated carbocycles. The van der Waals surface area contributed by atoms with Gasteiger partial charge in [0, 0.05) is 11.9 Å². The third kappa shape index (κ3) is 4.38. The summed E-state index contributed by atoms with van der Waals surface area (Å²) in [5.74, 6) is 0.805. The van der Waals surface area contributed by atoms with Crippen molar-refractivity contribution in [3.8, 4) is 5.75 Å². The first-order chi connectivity index (χ1) is 10.7. The van der Waals surface area contributed by atoms with E-state index in [0.717, 1.165) is 29.0 Å². The van der Waals surface area contributed by atoms with Gasteiger partial charge in [0.15, 0.2) is 0 Å². The van der Waals surface area contributed by atoms with E-state index in [1.165, 1.54) is 0 Å². The van der Waals surface area contributed by atoms with Gasteiger partial charge in [0.1, 0.15) is 5.75 Å². The van der Waals surface area contributed by atoms with Gasteiger partial charge in [0.25, 0.3) is 0 Å². The number of amides is 2. The standard InChI is InChI=1S/C18H20N2O2/c1-3-15-6-4-5-7-17(15)20-18(21)19-13-12-14-8-10-16(22-2)11-9-14/h4-13H,3H2,1-2H3,(H2,19,20,21)/b13-12+. The summed E-state index contributed by atoms with van der Waals surface area (Å²) in [6.07, 6.45) is 4.31. The minimum Gasteiger partial charge on any atom is -0.497 e. The van der Waals surface area contributed by atoms with Crippen molar-refractivity contribution < 1.29 is 9.53 Å². The number of carbonyl (C=O) groups is 1. The lowest BCUT2D eigenvalue weighted by Gasteiger charge is -2.09. The molecule has 0 bridgehead atoms. The molecule has 0 aromatic heterocycles. The maximum atomic E-state index is 11.9. The number of ether oxygens (including phenoxy) is 1. The van der Waals surface area contributed by atoms with Gasteiger partial charge in [0.2, 0.25) is 0 Å². The Morgan fingerprint density at radius 3 is 2.55 bits per heavy atom. The number of hydrogen-bond donors (Lipinski definition) is 2. The van der Waals surface area contributed by atoms with Gasteiger partial charge < -0.3 is 15.4 Å². The number of hydrogen-bond acceptors (Lipinski definition) is 2. The molecule has 0 atom stereocenters. The van der Waals surface area contributed by atoms with Crippen molar-refractivity contribution in [2.45, 2.75) is 13.3 Å². The number of rotatable bonds is 5. The normalized spacial score (nSPS) is 10.5. The molecule has 0 aliphatic rings. The van der Waals surface area contributed by atoms with E-state index in [-0.39, 0.29) is 6.03 Å². The lowest BCUT2D eigenvalue weighted by Crippen LogP contribution is -2.24. The third-order valence-corrected chi connectivity index (χ3v) is 3.25. The van der Waals surface area contributed by atoms with Crippen LogP contribution in [0, 0.1) is 0 Å². The zero-order valence-electron chi connectivity index (χ0n) is 12.8. The number of methoxy groups -OCH3 is 1. The molecule has 4 nitrogen and oxygen atoms in total. The zero-order valence-corrected chi connectivity index (χ0v) is 12.8. The van der Waals surface area contributed by atoms with Gasteiger partial charge >= 0.3 is 6.03 Å². The Hall–Kier alpha value is -2.75. The van der Waals surface area contributed by atoms with Crippen LogP contribution in [0.15, 0.2) is 54.7 Å². The van der Waals surface area contributed by atoms with Crippen molar-refractivity contribution in [3.63, 3.8) is 0 Å². The lowest BCUT2D eigenvalue weighted by molar-refractivity contribution is 0.255. The van der Waals surface area contributed by atoms with Crippen LogP contribution in [0.4, 0.5) is 10.5 Å². The van der Waals surface area contributed by atoms with E-state index in [4.69, 9.17) is 4.74 Å². The summed E-state index contributed by atoms with van der Waals surface area (Å²) >= 11 is 0. The topological polar surface area (TPSA) is 50.4 Å². The Balaban J connectivity index is 1.90. The first-order valence-corrected chi connectivity index (χ1v) is 7.19. The predicted molar refractivity (Wildman–Crippen MR) is 90.0 cm³/mol. The molecule has 0 spiro atoms. The number of nitrogens with one attached hydrogen (secondary N) is 2. The van der Waals surface area contributed by atoms with Crippen molar-refractivity contribution in [2.24, 2.45) is 0 Å². The largest absolute Gasteiger partial charge is 0.497 e. The summed E-state index contributed by atoms with van der Waals surface area (Å²) < 4.78 is 5.10. The van der Waals surface area contributed by atoms with Crippen LogP contribution in [0.2, 0.25) is 0 Å². The summed E-state index contributed by atoms with van der Waals surface area (Å²) in [5.41, 5.74) is 2.92. The monoisotopic (exact) mass is 296 g/mol. The molecule has 0 saturated heterocycles. The fourth-order valence-corrected chi connectivity index (χ4v) is 2.04. The molecule has 0 aliphatic heterocycles. The molecule has 2 amide bonds. The van der Waals surface area contributed by atoms with E-state index < -0.39 is 0 Å². The quantitative estimate of drug-likeness (QED) is 0.874. The molecule has 2 aromatic rings. The van der Waals surface area contributed by atoms with Crippen LogP contribution in [-0.2, 0) is 6.42 Å². The highest BCUT2D eigenvalue weighted by atomic mass is 16.5. The predicted octanol–water partition coefficient (Wildman–Crippen LogP) is 4.05. The van der Waals surface area contributed by atoms with E-state index >= 15 is 0 Å². The average molecular weight is 296 g/mol. The van der Waals surface area contributed by atoms with E-state index in [2.05, 4.69) is 17.6 Å². The summed E-state index contributed by atoms with van der Waals surface area (Å²) in [5, 5.41) is 5.54. The SMILES string of the molecule is CCc1ccccc1NC(=O)N/C=C/c1ccc(OC)cc1. The molecule has 0 heterocycles.